The maximum Gasteiger partial charge on any atom is 0.238 e. The first-order chi connectivity index (χ1) is 9.51. The van der Waals surface area contributed by atoms with Crippen LogP contribution in [-0.2, 0) is 4.79 Å². The summed E-state index contributed by atoms with van der Waals surface area (Å²) in [6.07, 6.45) is 2.19. The van der Waals surface area contributed by atoms with Crippen LogP contribution in [0.5, 0.6) is 0 Å². The average Bonchev–Trinajstić information content (AvgIpc) is 2.81. The molecule has 0 radical (unpaired) electrons. The molecule has 3 N–H and O–H groups in total. The highest BCUT2D eigenvalue weighted by atomic mass is 79.9. The molecule has 2 rings (SSSR count). The van der Waals surface area contributed by atoms with Gasteiger partial charge in [-0.25, -0.2) is 0 Å². The van der Waals surface area contributed by atoms with Crippen molar-refractivity contribution in [2.45, 2.75) is 18.9 Å². The summed E-state index contributed by atoms with van der Waals surface area (Å²) in [7, 11) is 0. The van der Waals surface area contributed by atoms with Crippen LogP contribution in [-0.4, -0.2) is 36.5 Å². The summed E-state index contributed by atoms with van der Waals surface area (Å²) in [6, 6.07) is 4.13. The fourth-order valence-corrected chi connectivity index (χ4v) is 4.85. The smallest absolute Gasteiger partial charge is 0.238 e. The number of nitrogens with two attached hydrogens (primary N) is 1. The molecule has 1 aromatic carbocycles. The molecule has 110 valence electrons. The summed E-state index contributed by atoms with van der Waals surface area (Å²) < 4.78 is 2.62. The van der Waals surface area contributed by atoms with Crippen LogP contribution in [0.25, 0.3) is 0 Å². The average molecular weight is 470 g/mol. The Bertz CT molecular complexity index is 487. The molecule has 1 atom stereocenters. The lowest BCUT2D eigenvalue weighted by Crippen LogP contribution is -2.40. The van der Waals surface area contributed by atoms with Crippen molar-refractivity contribution in [1.29, 1.82) is 0 Å². The van der Waals surface area contributed by atoms with Crippen LogP contribution in [0.1, 0.15) is 12.8 Å². The largest absolute Gasteiger partial charge is 0.329 e. The van der Waals surface area contributed by atoms with E-state index in [0.29, 0.717) is 19.1 Å². The van der Waals surface area contributed by atoms with Gasteiger partial charge in [-0.2, -0.15) is 0 Å². The Hall–Kier alpha value is 0.0500. The molecule has 20 heavy (non-hydrogen) atoms. The number of rotatable bonds is 4. The van der Waals surface area contributed by atoms with E-state index in [1.807, 2.05) is 12.1 Å². The molecule has 1 saturated heterocycles. The molecule has 1 unspecified atom stereocenters. The van der Waals surface area contributed by atoms with Crippen LogP contribution in [0.15, 0.2) is 25.6 Å². The maximum absolute atomic E-state index is 12.2. The molecule has 4 nitrogen and oxygen atoms in total. The van der Waals surface area contributed by atoms with E-state index in [4.69, 9.17) is 5.73 Å². The van der Waals surface area contributed by atoms with E-state index in [0.717, 1.165) is 38.5 Å². The second-order valence-corrected chi connectivity index (χ2v) is 7.42. The second kappa shape index (κ2) is 7.35. The van der Waals surface area contributed by atoms with Crippen molar-refractivity contribution in [3.63, 3.8) is 0 Å². The third kappa shape index (κ3) is 4.04. The van der Waals surface area contributed by atoms with Gasteiger partial charge in [0.2, 0.25) is 5.91 Å². The first kappa shape index (κ1) is 16.4. The zero-order valence-corrected chi connectivity index (χ0v) is 15.6. The minimum atomic E-state index is -0.0194. The highest BCUT2D eigenvalue weighted by Gasteiger charge is 2.25. The number of nitrogens with one attached hydrogen (secondary N) is 1. The fourth-order valence-electron chi connectivity index (χ4n) is 2.40. The Morgan fingerprint density at radius 2 is 2.00 bits per heavy atom. The summed E-state index contributed by atoms with van der Waals surface area (Å²) in [4.78, 5) is 14.3. The van der Waals surface area contributed by atoms with Crippen LogP contribution in [0.3, 0.4) is 0 Å². The number of anilines is 1. The van der Waals surface area contributed by atoms with Crippen LogP contribution >= 0.6 is 47.8 Å². The summed E-state index contributed by atoms with van der Waals surface area (Å²) >= 11 is 10.3. The quantitative estimate of drug-likeness (QED) is 0.711. The summed E-state index contributed by atoms with van der Waals surface area (Å²) in [6.45, 7) is 1.94. The molecule has 0 aliphatic carbocycles. The molecule has 1 amide bonds. The Labute approximate surface area is 143 Å². The van der Waals surface area contributed by atoms with Crippen molar-refractivity contribution in [3.05, 3.63) is 25.6 Å². The van der Waals surface area contributed by atoms with Crippen molar-refractivity contribution >= 4 is 59.4 Å². The Balaban J connectivity index is 2.01. The van der Waals surface area contributed by atoms with Gasteiger partial charge in [0.15, 0.2) is 0 Å². The molecule has 1 aromatic rings. The van der Waals surface area contributed by atoms with Gasteiger partial charge >= 0.3 is 0 Å². The lowest BCUT2D eigenvalue weighted by molar-refractivity contribution is -0.117. The standard InChI is InChI=1S/C13H16Br3N3O/c14-8-4-10(15)13(11(16)5-8)18-12(20)7-19-3-1-2-9(19)6-17/h4-5,9H,1-3,6-7,17H2,(H,18,20). The number of hydrogen-bond donors (Lipinski definition) is 2. The molecule has 1 aliphatic heterocycles. The molecule has 1 fully saturated rings. The molecule has 1 heterocycles. The van der Waals surface area contributed by atoms with Crippen molar-refractivity contribution in [2.75, 3.05) is 25.0 Å². The van der Waals surface area contributed by atoms with E-state index < -0.39 is 0 Å². The number of benzene rings is 1. The predicted octanol–water partition coefficient (Wildman–Crippen LogP) is 3.34. The van der Waals surface area contributed by atoms with Crippen LogP contribution < -0.4 is 11.1 Å². The van der Waals surface area contributed by atoms with Gasteiger partial charge in [-0.05, 0) is 63.4 Å². The van der Waals surface area contributed by atoms with Crippen LogP contribution in [0.2, 0.25) is 0 Å². The van der Waals surface area contributed by atoms with Crippen LogP contribution in [0.4, 0.5) is 5.69 Å². The summed E-state index contributed by atoms with van der Waals surface area (Å²) in [5, 5.41) is 2.94. The van der Waals surface area contributed by atoms with Crippen molar-refractivity contribution in [3.8, 4) is 0 Å². The van der Waals surface area contributed by atoms with Gasteiger partial charge in [-0.3, -0.25) is 9.69 Å². The summed E-state index contributed by atoms with van der Waals surface area (Å²) in [5.74, 6) is -0.0194. The molecule has 0 bridgehead atoms. The van der Waals surface area contributed by atoms with Gasteiger partial charge in [0.25, 0.3) is 0 Å². The second-order valence-electron chi connectivity index (χ2n) is 4.79. The number of amides is 1. The molecule has 0 spiro atoms. The third-order valence-electron chi connectivity index (χ3n) is 3.39. The third-order valence-corrected chi connectivity index (χ3v) is 5.10. The van der Waals surface area contributed by atoms with Crippen LogP contribution in [0, 0.1) is 0 Å². The van der Waals surface area contributed by atoms with Gasteiger partial charge < -0.3 is 11.1 Å². The first-order valence-corrected chi connectivity index (χ1v) is 8.77. The van der Waals surface area contributed by atoms with E-state index in [9.17, 15) is 4.79 Å². The van der Waals surface area contributed by atoms with E-state index in [1.165, 1.54) is 0 Å². The minimum absolute atomic E-state index is 0.0194. The molecule has 1 aliphatic rings. The lowest BCUT2D eigenvalue weighted by atomic mass is 10.2. The topological polar surface area (TPSA) is 58.4 Å². The number of halogens is 3. The molecular weight excluding hydrogens is 454 g/mol. The van der Waals surface area contributed by atoms with E-state index in [2.05, 4.69) is 58.0 Å². The fraction of sp³-hybridized carbons (Fsp3) is 0.462. The van der Waals surface area contributed by atoms with Gasteiger partial charge in [0.05, 0.1) is 12.2 Å². The van der Waals surface area contributed by atoms with Gasteiger partial charge in [-0.1, -0.05) is 15.9 Å². The number of likely N-dealkylation sites (tertiary alicyclic amines) is 1. The van der Waals surface area contributed by atoms with Crippen molar-refractivity contribution < 1.29 is 4.79 Å². The van der Waals surface area contributed by atoms with Crippen molar-refractivity contribution in [1.82, 2.24) is 4.90 Å². The number of carbonyl (C=O) groups is 1. The molecular formula is C13H16Br3N3O. The Morgan fingerprint density at radius 1 is 1.35 bits per heavy atom. The zero-order valence-electron chi connectivity index (χ0n) is 10.8. The molecule has 0 saturated carbocycles. The summed E-state index contributed by atoms with van der Waals surface area (Å²) in [5.41, 5.74) is 6.48. The highest BCUT2D eigenvalue weighted by Crippen LogP contribution is 2.34. The van der Waals surface area contributed by atoms with E-state index >= 15 is 0 Å². The minimum Gasteiger partial charge on any atom is -0.329 e. The predicted molar refractivity (Wildman–Crippen MR) is 91.8 cm³/mol. The molecule has 7 heteroatoms. The van der Waals surface area contributed by atoms with Gasteiger partial charge in [0.1, 0.15) is 0 Å². The normalized spacial score (nSPS) is 19.3. The van der Waals surface area contributed by atoms with E-state index in [-0.39, 0.29) is 5.91 Å². The number of carbonyl (C=O) groups excluding carboxylic acids is 1. The Morgan fingerprint density at radius 3 is 2.60 bits per heavy atom. The van der Waals surface area contributed by atoms with Crippen molar-refractivity contribution in [2.24, 2.45) is 5.73 Å². The maximum atomic E-state index is 12.2. The number of nitrogens with zero attached hydrogens (tertiary/aromatic N) is 1. The first-order valence-electron chi connectivity index (χ1n) is 6.39. The SMILES string of the molecule is NCC1CCCN1CC(=O)Nc1c(Br)cc(Br)cc1Br. The lowest BCUT2D eigenvalue weighted by Gasteiger charge is -2.22. The monoisotopic (exact) mass is 467 g/mol. The van der Waals surface area contributed by atoms with Gasteiger partial charge in [-0.15, -0.1) is 0 Å². The molecule has 0 aromatic heterocycles. The van der Waals surface area contributed by atoms with E-state index in [1.54, 1.807) is 0 Å². The zero-order chi connectivity index (χ0) is 14.7. The van der Waals surface area contributed by atoms with Gasteiger partial charge in [0, 0.05) is 26.0 Å². The Kier molecular flexibility index (Phi) is 6.04. The highest BCUT2D eigenvalue weighted by molar-refractivity contribution is 9.11. The number of hydrogen-bond acceptors (Lipinski definition) is 3.